The Balaban J connectivity index is 1.65. The molecule has 1 aromatic carbocycles. The summed E-state index contributed by atoms with van der Waals surface area (Å²) in [5, 5.41) is 2.59. The summed E-state index contributed by atoms with van der Waals surface area (Å²) in [6.45, 7) is 4.99. The molecule has 0 spiro atoms. The van der Waals surface area contributed by atoms with Gasteiger partial charge in [0, 0.05) is 23.4 Å². The molecule has 10 heteroatoms. The molecule has 2 aliphatic rings. The number of aliphatic imine (C=N–C) groups is 1. The summed E-state index contributed by atoms with van der Waals surface area (Å²) >= 11 is 4.60. The number of anilines is 1. The average Bonchev–Trinajstić information content (AvgIpc) is 3.47. The van der Waals surface area contributed by atoms with Crippen LogP contribution >= 0.6 is 12.6 Å². The minimum atomic E-state index is -4.56. The monoisotopic (exact) mass is 478 g/mol. The number of alkyl halides is 3. The van der Waals surface area contributed by atoms with E-state index in [0.29, 0.717) is 18.5 Å². The minimum Gasteiger partial charge on any atom is -0.386 e. The van der Waals surface area contributed by atoms with Crippen LogP contribution in [0.2, 0.25) is 0 Å². The number of carbonyl (C=O) groups is 1. The minimum absolute atomic E-state index is 0.0673. The standard InChI is InChI=1S/C23H22F4N4OS/c1-11-6-13(23(25,26)27)10-29-18(11)19(32)30-14-4-5-17(24)16(8-14)22(3)15-7-12(15)9-21(2,33)20(28)31-22/h4-8,10,15,33H,9H2,1-3H3,(H2,28,31)(H,30,32)/t15-,21-,22-/m0/s1. The van der Waals surface area contributed by atoms with Gasteiger partial charge in [0.15, 0.2) is 0 Å². The molecule has 1 aliphatic carbocycles. The summed E-state index contributed by atoms with van der Waals surface area (Å²) in [4.78, 5) is 21.0. The maximum atomic E-state index is 14.9. The maximum Gasteiger partial charge on any atom is 0.417 e. The first-order valence-corrected chi connectivity index (χ1v) is 10.6. The maximum absolute atomic E-state index is 14.9. The number of aromatic nitrogens is 1. The third-order valence-corrected chi connectivity index (χ3v) is 6.51. The molecule has 2 heterocycles. The molecule has 1 aromatic heterocycles. The van der Waals surface area contributed by atoms with Gasteiger partial charge in [-0.3, -0.25) is 14.8 Å². The van der Waals surface area contributed by atoms with Crippen LogP contribution in [0.1, 0.15) is 47.4 Å². The highest BCUT2D eigenvalue weighted by Gasteiger charge is 2.50. The second kappa shape index (κ2) is 7.58. The number of halogens is 4. The van der Waals surface area contributed by atoms with Crippen LogP contribution in [0.4, 0.5) is 23.2 Å². The van der Waals surface area contributed by atoms with Gasteiger partial charge in [0.1, 0.15) is 17.3 Å². The molecule has 0 unspecified atom stereocenters. The number of hydrogen-bond donors (Lipinski definition) is 3. The number of aryl methyl sites for hydroxylation is 1. The van der Waals surface area contributed by atoms with E-state index >= 15 is 0 Å². The Morgan fingerprint density at radius 2 is 1.97 bits per heavy atom. The zero-order valence-electron chi connectivity index (χ0n) is 18.1. The first-order chi connectivity index (χ1) is 15.2. The summed E-state index contributed by atoms with van der Waals surface area (Å²) in [5.41, 5.74) is 5.70. The van der Waals surface area contributed by atoms with E-state index in [-0.39, 0.29) is 28.4 Å². The molecule has 3 atom stereocenters. The van der Waals surface area contributed by atoms with Crippen LogP contribution in [-0.2, 0) is 11.7 Å². The molecule has 5 nitrogen and oxygen atoms in total. The molecule has 3 N–H and O–H groups in total. The lowest BCUT2D eigenvalue weighted by Gasteiger charge is -2.28. The summed E-state index contributed by atoms with van der Waals surface area (Å²) < 4.78 is 52.9. The van der Waals surface area contributed by atoms with Gasteiger partial charge < -0.3 is 11.1 Å². The van der Waals surface area contributed by atoms with Gasteiger partial charge in [-0.15, -0.1) is 0 Å². The lowest BCUT2D eigenvalue weighted by atomic mass is 9.84. The number of hydrogen-bond acceptors (Lipinski definition) is 5. The van der Waals surface area contributed by atoms with E-state index in [2.05, 4.69) is 27.9 Å². The number of amides is 1. The molecule has 0 bridgehead atoms. The molecule has 174 valence electrons. The number of nitrogens with two attached hydrogens (primary N) is 1. The molecule has 2 aromatic rings. The zero-order chi connectivity index (χ0) is 24.3. The number of amidine groups is 1. The van der Waals surface area contributed by atoms with Gasteiger partial charge in [-0.1, -0.05) is 11.6 Å². The fourth-order valence-corrected chi connectivity index (χ4v) is 4.40. The molecule has 33 heavy (non-hydrogen) atoms. The van der Waals surface area contributed by atoms with Crippen LogP contribution in [-0.4, -0.2) is 21.5 Å². The second-order valence-electron chi connectivity index (χ2n) is 8.85. The predicted molar refractivity (Wildman–Crippen MR) is 121 cm³/mol. The first kappa shape index (κ1) is 23.3. The molecule has 0 saturated heterocycles. The Kier molecular flexibility index (Phi) is 5.35. The number of thiol groups is 1. The summed E-state index contributed by atoms with van der Waals surface area (Å²) in [7, 11) is 0. The van der Waals surface area contributed by atoms with Crippen molar-refractivity contribution in [3.05, 3.63) is 70.3 Å². The number of benzene rings is 1. The lowest BCUT2D eigenvalue weighted by Crippen LogP contribution is -2.37. The smallest absolute Gasteiger partial charge is 0.386 e. The van der Waals surface area contributed by atoms with E-state index in [0.717, 1.165) is 11.6 Å². The van der Waals surface area contributed by atoms with Crippen molar-refractivity contribution in [2.24, 2.45) is 16.6 Å². The van der Waals surface area contributed by atoms with Crippen molar-refractivity contribution in [1.82, 2.24) is 4.98 Å². The third-order valence-electron chi connectivity index (χ3n) is 6.12. The SMILES string of the molecule is Cc1cc(C(F)(F)F)cnc1C(=O)Nc1ccc(F)c([C@@]2(C)N=C(N)[C@@](C)(S)CC3=C[C@@H]32)c1. The van der Waals surface area contributed by atoms with Gasteiger partial charge in [-0.2, -0.15) is 25.8 Å². The van der Waals surface area contributed by atoms with Gasteiger partial charge in [-0.25, -0.2) is 4.39 Å². The first-order valence-electron chi connectivity index (χ1n) is 10.2. The largest absolute Gasteiger partial charge is 0.417 e. The van der Waals surface area contributed by atoms with E-state index in [9.17, 15) is 22.4 Å². The van der Waals surface area contributed by atoms with Crippen molar-refractivity contribution in [3.63, 3.8) is 0 Å². The molecule has 1 amide bonds. The van der Waals surface area contributed by atoms with Crippen molar-refractivity contribution in [2.45, 2.75) is 43.7 Å². The Labute approximate surface area is 193 Å². The lowest BCUT2D eigenvalue weighted by molar-refractivity contribution is -0.137. The Hall–Kier alpha value is -2.88. The number of rotatable bonds is 3. The summed E-state index contributed by atoms with van der Waals surface area (Å²) in [6.07, 6.45) is -1.35. The number of carbonyl (C=O) groups excluding carboxylic acids is 1. The van der Waals surface area contributed by atoms with Crippen molar-refractivity contribution in [2.75, 3.05) is 5.32 Å². The normalized spacial score (nSPS) is 26.6. The Morgan fingerprint density at radius 3 is 2.61 bits per heavy atom. The molecule has 0 fully saturated rings. The van der Waals surface area contributed by atoms with E-state index in [1.54, 1.807) is 6.92 Å². The van der Waals surface area contributed by atoms with Crippen LogP contribution in [0.25, 0.3) is 0 Å². The van der Waals surface area contributed by atoms with Crippen LogP contribution in [0.3, 0.4) is 0 Å². The van der Waals surface area contributed by atoms with Crippen molar-refractivity contribution < 1.29 is 22.4 Å². The topological polar surface area (TPSA) is 80.4 Å². The van der Waals surface area contributed by atoms with Crippen LogP contribution in [0, 0.1) is 18.7 Å². The molecule has 4 rings (SSSR count). The molecule has 1 aliphatic heterocycles. The van der Waals surface area contributed by atoms with E-state index in [4.69, 9.17) is 5.73 Å². The van der Waals surface area contributed by atoms with Crippen LogP contribution in [0.5, 0.6) is 0 Å². The highest BCUT2D eigenvalue weighted by Crippen LogP contribution is 2.53. The van der Waals surface area contributed by atoms with Gasteiger partial charge in [-0.05, 0) is 57.0 Å². The molecular weight excluding hydrogens is 456 g/mol. The number of nitrogens with one attached hydrogen (secondary N) is 1. The van der Waals surface area contributed by atoms with E-state index < -0.39 is 33.8 Å². The van der Waals surface area contributed by atoms with Crippen molar-refractivity contribution in [1.29, 1.82) is 0 Å². The number of pyridine rings is 1. The highest BCUT2D eigenvalue weighted by atomic mass is 32.1. The van der Waals surface area contributed by atoms with E-state index in [1.165, 1.54) is 25.1 Å². The quantitative estimate of drug-likeness (QED) is 0.329. The van der Waals surface area contributed by atoms with Crippen LogP contribution < -0.4 is 11.1 Å². The highest BCUT2D eigenvalue weighted by molar-refractivity contribution is 7.82. The van der Waals surface area contributed by atoms with Crippen LogP contribution in [0.15, 0.2) is 47.1 Å². The third kappa shape index (κ3) is 4.23. The summed E-state index contributed by atoms with van der Waals surface area (Å²) in [6, 6.07) is 4.90. The van der Waals surface area contributed by atoms with Gasteiger partial charge in [0.25, 0.3) is 5.91 Å². The van der Waals surface area contributed by atoms with Crippen molar-refractivity contribution in [3.8, 4) is 0 Å². The van der Waals surface area contributed by atoms with Crippen molar-refractivity contribution >= 4 is 30.1 Å². The van der Waals surface area contributed by atoms with Gasteiger partial charge >= 0.3 is 6.18 Å². The van der Waals surface area contributed by atoms with E-state index in [1.807, 2.05) is 13.0 Å². The number of fused-ring (bicyclic) bond motifs is 1. The fourth-order valence-electron chi connectivity index (χ4n) is 4.16. The second-order valence-corrected chi connectivity index (χ2v) is 9.84. The van der Waals surface area contributed by atoms with Gasteiger partial charge in [0.05, 0.1) is 15.8 Å². The predicted octanol–water partition coefficient (Wildman–Crippen LogP) is 5.02. The molecule has 0 radical (unpaired) electrons. The fraction of sp³-hybridized carbons (Fsp3) is 0.348. The zero-order valence-corrected chi connectivity index (χ0v) is 19.0. The summed E-state index contributed by atoms with van der Waals surface area (Å²) in [5.74, 6) is -1.05. The Morgan fingerprint density at radius 1 is 1.27 bits per heavy atom. The Bertz CT molecular complexity index is 1220. The average molecular weight is 479 g/mol. The van der Waals surface area contributed by atoms with Gasteiger partial charge in [0.2, 0.25) is 0 Å². The molecular formula is C23H22F4N4OS. The molecule has 0 saturated carbocycles. The number of nitrogens with zero attached hydrogens (tertiary/aromatic N) is 2.